The van der Waals surface area contributed by atoms with Gasteiger partial charge in [0.15, 0.2) is 0 Å². The number of carbonyl (C=O) groups excluding carboxylic acids is 1. The van der Waals surface area contributed by atoms with Gasteiger partial charge in [-0.1, -0.05) is 78.5 Å². The molecule has 0 saturated heterocycles. The molecule has 4 rings (SSSR count). The summed E-state index contributed by atoms with van der Waals surface area (Å²) in [6, 6.07) is 19.7. The Hall–Kier alpha value is -3.75. The van der Waals surface area contributed by atoms with Crippen LogP contribution < -0.4 is 4.90 Å². The molecule has 2 heterocycles. The van der Waals surface area contributed by atoms with Gasteiger partial charge in [-0.2, -0.15) is 5.26 Å². The molecule has 4 nitrogen and oxygen atoms in total. The number of hydrogen-bond donors (Lipinski definition) is 0. The molecule has 0 unspecified atom stereocenters. The number of carbonyl (C=O) groups is 1. The van der Waals surface area contributed by atoms with E-state index in [0.29, 0.717) is 11.3 Å². The Labute approximate surface area is 186 Å². The average molecular weight is 425 g/mol. The summed E-state index contributed by atoms with van der Waals surface area (Å²) in [6.45, 7) is 3.05. The van der Waals surface area contributed by atoms with E-state index >= 15 is 0 Å². The number of rotatable bonds is 5. The maximum Gasteiger partial charge on any atom is 0.355 e. The summed E-state index contributed by atoms with van der Waals surface area (Å²) in [5.74, 6) is -0.228. The molecule has 0 saturated carbocycles. The second kappa shape index (κ2) is 9.38. The number of thioether (sulfide) groups is 1. The van der Waals surface area contributed by atoms with E-state index in [1.165, 1.54) is 15.6 Å². The lowest BCUT2D eigenvalue weighted by molar-refractivity contribution is -0.132. The molecule has 0 spiro atoms. The third kappa shape index (κ3) is 4.25. The van der Waals surface area contributed by atoms with Crippen LogP contribution in [0.5, 0.6) is 0 Å². The number of cyclic esters (lactones) is 1. The highest BCUT2D eigenvalue weighted by atomic mass is 32.2. The molecule has 0 radical (unpaired) electrons. The summed E-state index contributed by atoms with van der Waals surface area (Å²) < 4.78 is 5.31. The lowest BCUT2D eigenvalue weighted by Gasteiger charge is -2.17. The highest BCUT2D eigenvalue weighted by Gasteiger charge is 2.30. The van der Waals surface area contributed by atoms with Crippen LogP contribution in [0.2, 0.25) is 0 Å². The standard InChI is InChI=1S/C26H20N2O2S/c1-2-28-21-14-10-11-16-23(21)31-24(28)17-9-4-3-8-15-22-25(19-12-6-5-7-13-19)20(18-27)26(29)30-22/h3-17H,2H2,1H3/b8-3+,9-4+,22-15+,24-17-. The Morgan fingerprint density at radius 1 is 1.00 bits per heavy atom. The molecule has 0 fully saturated rings. The number of anilines is 1. The quantitative estimate of drug-likeness (QED) is 0.436. The lowest BCUT2D eigenvalue weighted by atomic mass is 10.0. The highest BCUT2D eigenvalue weighted by Crippen LogP contribution is 2.45. The Kier molecular flexibility index (Phi) is 6.21. The van der Waals surface area contributed by atoms with Gasteiger partial charge in [0.05, 0.1) is 10.7 Å². The van der Waals surface area contributed by atoms with Crippen molar-refractivity contribution in [3.8, 4) is 6.07 Å². The van der Waals surface area contributed by atoms with Crippen molar-refractivity contribution in [3.05, 3.63) is 113 Å². The van der Waals surface area contributed by atoms with Crippen molar-refractivity contribution in [2.45, 2.75) is 11.8 Å². The van der Waals surface area contributed by atoms with Crippen molar-refractivity contribution in [1.82, 2.24) is 0 Å². The summed E-state index contributed by atoms with van der Waals surface area (Å²) >= 11 is 1.76. The first-order chi connectivity index (χ1) is 15.2. The van der Waals surface area contributed by atoms with Gasteiger partial charge in [-0.25, -0.2) is 4.79 Å². The number of esters is 1. The fourth-order valence-electron chi connectivity index (χ4n) is 3.45. The zero-order valence-electron chi connectivity index (χ0n) is 17.0. The van der Waals surface area contributed by atoms with Crippen LogP contribution in [-0.2, 0) is 9.53 Å². The predicted octanol–water partition coefficient (Wildman–Crippen LogP) is 5.99. The Bertz CT molecular complexity index is 1200. The van der Waals surface area contributed by atoms with Crippen molar-refractivity contribution < 1.29 is 9.53 Å². The number of allylic oxidation sites excluding steroid dienone is 7. The molecule has 152 valence electrons. The SMILES string of the molecule is CCN1/C(=C/C=C/C=C/C=C2/OC(=O)C(C#N)=C2c2ccccc2)Sc2ccccc21. The maximum absolute atomic E-state index is 12.0. The number of hydrogen-bond acceptors (Lipinski definition) is 5. The molecule has 0 atom stereocenters. The molecule has 2 aliphatic rings. The normalized spacial score (nSPS) is 18.5. The molecule has 2 aliphatic heterocycles. The van der Waals surface area contributed by atoms with Gasteiger partial charge in [-0.3, -0.25) is 0 Å². The topological polar surface area (TPSA) is 53.3 Å². The van der Waals surface area contributed by atoms with E-state index in [4.69, 9.17) is 4.74 Å². The summed E-state index contributed by atoms with van der Waals surface area (Å²) in [6.07, 6.45) is 11.4. The van der Waals surface area contributed by atoms with E-state index in [2.05, 4.69) is 42.2 Å². The monoisotopic (exact) mass is 424 g/mol. The minimum atomic E-state index is -0.612. The molecule has 31 heavy (non-hydrogen) atoms. The summed E-state index contributed by atoms with van der Waals surface area (Å²) in [5, 5.41) is 10.5. The van der Waals surface area contributed by atoms with Crippen molar-refractivity contribution in [1.29, 1.82) is 5.26 Å². The fourth-order valence-corrected chi connectivity index (χ4v) is 4.59. The third-order valence-electron chi connectivity index (χ3n) is 4.85. The van der Waals surface area contributed by atoms with E-state index < -0.39 is 5.97 Å². The molecule has 2 aromatic rings. The maximum atomic E-state index is 12.0. The molecule has 0 bridgehead atoms. The molecule has 0 aliphatic carbocycles. The molecule has 0 aromatic heterocycles. The largest absolute Gasteiger partial charge is 0.422 e. The first-order valence-electron chi connectivity index (χ1n) is 9.95. The number of ether oxygens (including phenoxy) is 1. The molecular weight excluding hydrogens is 404 g/mol. The lowest BCUT2D eigenvalue weighted by Crippen LogP contribution is -2.16. The van der Waals surface area contributed by atoms with Crippen LogP contribution in [0, 0.1) is 11.3 Å². The molecule has 0 N–H and O–H groups in total. The summed E-state index contributed by atoms with van der Waals surface area (Å²) in [7, 11) is 0. The van der Waals surface area contributed by atoms with Crippen molar-refractivity contribution in [2.75, 3.05) is 11.4 Å². The van der Waals surface area contributed by atoms with E-state index in [-0.39, 0.29) is 5.57 Å². The van der Waals surface area contributed by atoms with Crippen molar-refractivity contribution in [2.24, 2.45) is 0 Å². The number of para-hydroxylation sites is 1. The first-order valence-corrected chi connectivity index (χ1v) is 10.8. The molecular formula is C26H20N2O2S. The third-order valence-corrected chi connectivity index (χ3v) is 5.98. The van der Waals surface area contributed by atoms with Crippen LogP contribution in [-0.4, -0.2) is 12.5 Å². The minimum Gasteiger partial charge on any atom is -0.422 e. The van der Waals surface area contributed by atoms with Crippen LogP contribution >= 0.6 is 11.8 Å². The zero-order chi connectivity index (χ0) is 21.6. The van der Waals surface area contributed by atoms with E-state index in [1.54, 1.807) is 23.9 Å². The van der Waals surface area contributed by atoms with Crippen LogP contribution in [0.25, 0.3) is 5.57 Å². The smallest absolute Gasteiger partial charge is 0.355 e. The van der Waals surface area contributed by atoms with Crippen LogP contribution in [0.4, 0.5) is 5.69 Å². The molecule has 2 aromatic carbocycles. The van der Waals surface area contributed by atoms with Gasteiger partial charge in [-0.15, -0.1) is 0 Å². The minimum absolute atomic E-state index is 0.0311. The Balaban J connectivity index is 1.49. The van der Waals surface area contributed by atoms with Gasteiger partial charge in [0.1, 0.15) is 17.4 Å². The van der Waals surface area contributed by atoms with Crippen LogP contribution in [0.3, 0.4) is 0 Å². The number of nitrogens with zero attached hydrogens (tertiary/aromatic N) is 2. The van der Waals surface area contributed by atoms with Gasteiger partial charge in [0.2, 0.25) is 0 Å². The summed E-state index contributed by atoms with van der Waals surface area (Å²) in [4.78, 5) is 15.6. The second-order valence-corrected chi connectivity index (χ2v) is 7.80. The Morgan fingerprint density at radius 3 is 2.45 bits per heavy atom. The number of nitriles is 1. The Morgan fingerprint density at radius 2 is 1.71 bits per heavy atom. The average Bonchev–Trinajstić information content (AvgIpc) is 3.32. The van der Waals surface area contributed by atoms with Gasteiger partial charge in [0, 0.05) is 17.0 Å². The number of fused-ring (bicyclic) bond motifs is 1. The fraction of sp³-hybridized carbons (Fsp3) is 0.0769. The summed E-state index contributed by atoms with van der Waals surface area (Å²) in [5.41, 5.74) is 2.58. The first kappa shape index (κ1) is 20.5. The van der Waals surface area contributed by atoms with Gasteiger partial charge in [0.25, 0.3) is 0 Å². The zero-order valence-corrected chi connectivity index (χ0v) is 17.8. The van der Waals surface area contributed by atoms with Gasteiger partial charge >= 0.3 is 5.97 Å². The molecule has 0 amide bonds. The van der Waals surface area contributed by atoms with Crippen LogP contribution in [0.1, 0.15) is 12.5 Å². The highest BCUT2D eigenvalue weighted by molar-refractivity contribution is 8.03. The van der Waals surface area contributed by atoms with E-state index in [1.807, 2.05) is 54.6 Å². The van der Waals surface area contributed by atoms with E-state index in [9.17, 15) is 10.1 Å². The van der Waals surface area contributed by atoms with Gasteiger partial charge < -0.3 is 9.64 Å². The van der Waals surface area contributed by atoms with Crippen LogP contribution in [0.15, 0.2) is 112 Å². The second-order valence-electron chi connectivity index (χ2n) is 6.74. The predicted molar refractivity (Wildman–Crippen MR) is 125 cm³/mol. The van der Waals surface area contributed by atoms with Gasteiger partial charge in [-0.05, 0) is 36.8 Å². The number of benzene rings is 2. The van der Waals surface area contributed by atoms with Crippen molar-refractivity contribution >= 4 is 29.0 Å². The van der Waals surface area contributed by atoms with E-state index in [0.717, 1.165) is 12.1 Å². The molecule has 5 heteroatoms. The van der Waals surface area contributed by atoms with Crippen molar-refractivity contribution in [3.63, 3.8) is 0 Å².